The summed E-state index contributed by atoms with van der Waals surface area (Å²) in [5, 5.41) is 0. The SMILES string of the molecule is O=C(COC(=O)/C=C/c1ccco1)NNC(=O)c1ccco1. The van der Waals surface area contributed by atoms with Crippen molar-refractivity contribution in [1.82, 2.24) is 10.9 Å². The third kappa shape index (κ3) is 4.67. The number of amides is 2. The zero-order chi connectivity index (χ0) is 15.8. The van der Waals surface area contributed by atoms with Gasteiger partial charge in [0.05, 0.1) is 12.5 Å². The number of hydrogen-bond donors (Lipinski definition) is 2. The van der Waals surface area contributed by atoms with Crippen molar-refractivity contribution in [2.45, 2.75) is 0 Å². The maximum Gasteiger partial charge on any atom is 0.331 e. The van der Waals surface area contributed by atoms with Crippen LogP contribution in [0.1, 0.15) is 16.3 Å². The van der Waals surface area contributed by atoms with Gasteiger partial charge < -0.3 is 13.6 Å². The number of hydrazine groups is 1. The predicted octanol–water partition coefficient (Wildman–Crippen LogP) is 0.890. The van der Waals surface area contributed by atoms with Gasteiger partial charge in [0.2, 0.25) is 0 Å². The molecule has 0 aliphatic heterocycles. The Morgan fingerprint density at radius 3 is 2.55 bits per heavy atom. The average Bonchev–Trinajstić information content (AvgIpc) is 3.21. The molecule has 0 atom stereocenters. The zero-order valence-electron chi connectivity index (χ0n) is 11.3. The highest BCUT2D eigenvalue weighted by molar-refractivity contribution is 5.93. The number of hydrogen-bond acceptors (Lipinski definition) is 6. The van der Waals surface area contributed by atoms with Gasteiger partial charge in [0, 0.05) is 6.08 Å². The Bertz CT molecular complexity index is 658. The van der Waals surface area contributed by atoms with Crippen molar-refractivity contribution in [3.8, 4) is 0 Å². The molecule has 0 fully saturated rings. The Balaban J connectivity index is 1.67. The fourth-order valence-electron chi connectivity index (χ4n) is 1.35. The molecule has 0 bridgehead atoms. The van der Waals surface area contributed by atoms with Gasteiger partial charge in [0.25, 0.3) is 5.91 Å². The van der Waals surface area contributed by atoms with Crippen molar-refractivity contribution in [2.75, 3.05) is 6.61 Å². The van der Waals surface area contributed by atoms with Crippen molar-refractivity contribution in [3.05, 3.63) is 54.4 Å². The molecule has 0 unspecified atom stereocenters. The number of ether oxygens (including phenoxy) is 1. The monoisotopic (exact) mass is 304 g/mol. The average molecular weight is 304 g/mol. The van der Waals surface area contributed by atoms with Gasteiger partial charge in [-0.1, -0.05) is 0 Å². The summed E-state index contributed by atoms with van der Waals surface area (Å²) < 4.78 is 14.5. The molecule has 0 spiro atoms. The second kappa shape index (κ2) is 7.48. The first-order valence-corrected chi connectivity index (χ1v) is 6.16. The van der Waals surface area contributed by atoms with E-state index in [0.29, 0.717) is 5.76 Å². The van der Waals surface area contributed by atoms with E-state index in [4.69, 9.17) is 8.83 Å². The lowest BCUT2D eigenvalue weighted by Crippen LogP contribution is -2.43. The van der Waals surface area contributed by atoms with Gasteiger partial charge in [-0.3, -0.25) is 20.4 Å². The summed E-state index contributed by atoms with van der Waals surface area (Å²) in [4.78, 5) is 34.1. The molecule has 114 valence electrons. The molecule has 0 aliphatic rings. The van der Waals surface area contributed by atoms with Crippen molar-refractivity contribution in [1.29, 1.82) is 0 Å². The Morgan fingerprint density at radius 2 is 1.86 bits per heavy atom. The fourth-order valence-corrected chi connectivity index (χ4v) is 1.35. The van der Waals surface area contributed by atoms with E-state index >= 15 is 0 Å². The smallest absolute Gasteiger partial charge is 0.331 e. The van der Waals surface area contributed by atoms with Crippen molar-refractivity contribution in [3.63, 3.8) is 0 Å². The van der Waals surface area contributed by atoms with Crippen LogP contribution < -0.4 is 10.9 Å². The first kappa shape index (κ1) is 15.1. The summed E-state index contributed by atoms with van der Waals surface area (Å²) in [6, 6.07) is 6.28. The molecule has 0 aromatic carbocycles. The van der Waals surface area contributed by atoms with Crippen molar-refractivity contribution in [2.24, 2.45) is 0 Å². The molecule has 2 aromatic heterocycles. The molecule has 2 amide bonds. The number of nitrogens with one attached hydrogen (secondary N) is 2. The maximum absolute atomic E-state index is 11.4. The normalized spacial score (nSPS) is 10.4. The maximum atomic E-state index is 11.4. The lowest BCUT2D eigenvalue weighted by Gasteiger charge is -2.05. The minimum absolute atomic E-state index is 0.0404. The van der Waals surface area contributed by atoms with Crippen molar-refractivity contribution >= 4 is 23.9 Å². The van der Waals surface area contributed by atoms with E-state index < -0.39 is 24.4 Å². The number of furan rings is 2. The van der Waals surface area contributed by atoms with Crippen LogP contribution in [-0.2, 0) is 14.3 Å². The van der Waals surface area contributed by atoms with Crippen LogP contribution in [0.15, 0.2) is 51.7 Å². The highest BCUT2D eigenvalue weighted by Gasteiger charge is 2.10. The molecule has 2 N–H and O–H groups in total. The Hall–Kier alpha value is -3.29. The van der Waals surface area contributed by atoms with Crippen LogP contribution >= 0.6 is 0 Å². The summed E-state index contributed by atoms with van der Waals surface area (Å²) in [5.41, 5.74) is 4.18. The molecule has 0 saturated carbocycles. The molecule has 0 saturated heterocycles. The van der Waals surface area contributed by atoms with E-state index in [2.05, 4.69) is 15.6 Å². The topological polar surface area (TPSA) is 111 Å². The molecular weight excluding hydrogens is 292 g/mol. The summed E-state index contributed by atoms with van der Waals surface area (Å²) in [6.07, 6.45) is 5.30. The molecule has 2 rings (SSSR count). The molecule has 0 aliphatic carbocycles. The molecule has 0 radical (unpaired) electrons. The summed E-state index contributed by atoms with van der Waals surface area (Å²) in [7, 11) is 0. The van der Waals surface area contributed by atoms with E-state index in [0.717, 1.165) is 6.08 Å². The van der Waals surface area contributed by atoms with Crippen LogP contribution in [0.4, 0.5) is 0 Å². The minimum Gasteiger partial charge on any atom is -0.465 e. The molecular formula is C14H12N2O6. The third-order valence-corrected chi connectivity index (χ3v) is 2.33. The third-order valence-electron chi connectivity index (χ3n) is 2.33. The van der Waals surface area contributed by atoms with Crippen molar-refractivity contribution < 1.29 is 28.0 Å². The number of esters is 1. The molecule has 8 heteroatoms. The van der Waals surface area contributed by atoms with Crippen LogP contribution in [0.5, 0.6) is 0 Å². The first-order valence-electron chi connectivity index (χ1n) is 6.16. The summed E-state index contributed by atoms with van der Waals surface area (Å²) in [5.74, 6) is -1.52. The highest BCUT2D eigenvalue weighted by Crippen LogP contribution is 2.02. The summed E-state index contributed by atoms with van der Waals surface area (Å²) >= 11 is 0. The number of carbonyl (C=O) groups excluding carboxylic acids is 3. The zero-order valence-corrected chi connectivity index (χ0v) is 11.3. The highest BCUT2D eigenvalue weighted by atomic mass is 16.5. The van der Waals surface area contributed by atoms with Gasteiger partial charge in [-0.15, -0.1) is 0 Å². The van der Waals surface area contributed by atoms with E-state index in [9.17, 15) is 14.4 Å². The van der Waals surface area contributed by atoms with E-state index in [1.807, 2.05) is 0 Å². The second-order valence-electron chi connectivity index (χ2n) is 3.94. The molecule has 22 heavy (non-hydrogen) atoms. The standard InChI is InChI=1S/C14H12N2O6/c17-12(15-16-14(19)11-4-2-8-21-11)9-22-13(18)6-5-10-3-1-7-20-10/h1-8H,9H2,(H,15,17)(H,16,19)/b6-5+. The fraction of sp³-hybridized carbons (Fsp3) is 0.0714. The first-order chi connectivity index (χ1) is 10.6. The molecule has 8 nitrogen and oxygen atoms in total. The van der Waals surface area contributed by atoms with Gasteiger partial charge in [-0.25, -0.2) is 4.79 Å². The van der Waals surface area contributed by atoms with Crippen LogP contribution in [-0.4, -0.2) is 24.4 Å². The van der Waals surface area contributed by atoms with Crippen LogP contribution in [0, 0.1) is 0 Å². The van der Waals surface area contributed by atoms with Gasteiger partial charge in [0.1, 0.15) is 5.76 Å². The van der Waals surface area contributed by atoms with Crippen LogP contribution in [0.2, 0.25) is 0 Å². The quantitative estimate of drug-likeness (QED) is 0.482. The number of carbonyl (C=O) groups is 3. The second-order valence-corrected chi connectivity index (χ2v) is 3.94. The molecule has 2 aromatic rings. The van der Waals surface area contributed by atoms with Crippen LogP contribution in [0.3, 0.4) is 0 Å². The van der Waals surface area contributed by atoms with Gasteiger partial charge in [-0.2, -0.15) is 0 Å². The Morgan fingerprint density at radius 1 is 1.09 bits per heavy atom. The van der Waals surface area contributed by atoms with Crippen LogP contribution in [0.25, 0.3) is 6.08 Å². The predicted molar refractivity (Wildman–Crippen MR) is 73.0 cm³/mol. The Labute approximate surface area is 124 Å². The summed E-state index contributed by atoms with van der Waals surface area (Å²) in [6.45, 7) is -0.542. The van der Waals surface area contributed by atoms with Gasteiger partial charge in [-0.05, 0) is 30.3 Å². The van der Waals surface area contributed by atoms with E-state index in [1.54, 1.807) is 12.1 Å². The van der Waals surface area contributed by atoms with E-state index in [1.165, 1.54) is 30.7 Å². The Kier molecular flexibility index (Phi) is 5.14. The largest absolute Gasteiger partial charge is 0.465 e. The van der Waals surface area contributed by atoms with Gasteiger partial charge in [0.15, 0.2) is 12.4 Å². The number of rotatable bonds is 5. The van der Waals surface area contributed by atoms with Gasteiger partial charge >= 0.3 is 11.9 Å². The lowest BCUT2D eigenvalue weighted by molar-refractivity contribution is -0.144. The van der Waals surface area contributed by atoms with E-state index in [-0.39, 0.29) is 5.76 Å². The molecule has 2 heterocycles. The minimum atomic E-state index is -0.719. The lowest BCUT2D eigenvalue weighted by atomic mass is 10.4.